The molecule has 122 valence electrons. The van der Waals surface area contributed by atoms with Crippen molar-refractivity contribution in [2.75, 3.05) is 25.0 Å². The van der Waals surface area contributed by atoms with E-state index in [0.29, 0.717) is 17.4 Å². The van der Waals surface area contributed by atoms with Gasteiger partial charge in [0, 0.05) is 30.7 Å². The molecule has 2 aromatic rings. The molecule has 0 unspecified atom stereocenters. The second-order valence-corrected chi connectivity index (χ2v) is 7.59. The lowest BCUT2D eigenvalue weighted by molar-refractivity contribution is 0.238. The van der Waals surface area contributed by atoms with Gasteiger partial charge >= 0.3 is 0 Å². The fourth-order valence-corrected chi connectivity index (χ4v) is 4.44. The summed E-state index contributed by atoms with van der Waals surface area (Å²) in [6.07, 6.45) is 7.94. The Hall–Kier alpha value is -1.60. The van der Waals surface area contributed by atoms with E-state index < -0.39 is 0 Å². The molecule has 1 aliphatic carbocycles. The third kappa shape index (κ3) is 2.95. The molecule has 0 N–H and O–H groups in total. The monoisotopic (exact) mass is 333 g/mol. The van der Waals surface area contributed by atoms with Crippen LogP contribution in [0.2, 0.25) is 0 Å². The fourth-order valence-electron chi connectivity index (χ4n) is 3.76. The highest BCUT2D eigenvalue weighted by Gasteiger charge is 2.56. The van der Waals surface area contributed by atoms with Gasteiger partial charge in [-0.15, -0.1) is 11.3 Å². The van der Waals surface area contributed by atoms with E-state index in [1.165, 1.54) is 23.8 Å². The van der Waals surface area contributed by atoms with Gasteiger partial charge in [-0.25, -0.2) is 19.3 Å². The Kier molecular flexibility index (Phi) is 3.77. The number of piperidine rings is 1. The summed E-state index contributed by atoms with van der Waals surface area (Å²) in [6.45, 7) is 2.84. The number of hydrogen-bond acceptors (Lipinski definition) is 6. The number of rotatable bonds is 4. The Morgan fingerprint density at radius 1 is 1.30 bits per heavy atom. The summed E-state index contributed by atoms with van der Waals surface area (Å²) in [6, 6.07) is 0.655. The number of anilines is 1. The summed E-state index contributed by atoms with van der Waals surface area (Å²) in [4.78, 5) is 17.2. The molecular formula is C16H20FN5S. The van der Waals surface area contributed by atoms with E-state index in [2.05, 4.69) is 31.8 Å². The van der Waals surface area contributed by atoms with Gasteiger partial charge in [0.05, 0.1) is 18.9 Å². The van der Waals surface area contributed by atoms with Crippen molar-refractivity contribution in [3.63, 3.8) is 0 Å². The van der Waals surface area contributed by atoms with E-state index in [9.17, 15) is 4.39 Å². The van der Waals surface area contributed by atoms with Crippen molar-refractivity contribution < 1.29 is 4.39 Å². The molecule has 1 saturated heterocycles. The molecule has 3 heterocycles. The van der Waals surface area contributed by atoms with Crippen LogP contribution in [0.25, 0.3) is 0 Å². The zero-order chi connectivity index (χ0) is 15.9. The standard InChI is InChI=1S/C16H20FN5S/c1-21(11-14-18-4-7-23-14)13-8-16(13)2-5-22(6-3-16)15-19-9-12(17)10-20-15/h4,7,9-10,13H,2-3,5-6,8,11H2,1H3/t13-/m1/s1. The van der Waals surface area contributed by atoms with E-state index in [4.69, 9.17) is 0 Å². The summed E-state index contributed by atoms with van der Waals surface area (Å²) in [7, 11) is 2.20. The topological polar surface area (TPSA) is 45.2 Å². The van der Waals surface area contributed by atoms with Crippen LogP contribution in [-0.4, -0.2) is 46.0 Å². The summed E-state index contributed by atoms with van der Waals surface area (Å²) in [5.74, 6) is 0.267. The smallest absolute Gasteiger partial charge is 0.225 e. The lowest BCUT2D eigenvalue weighted by Crippen LogP contribution is -2.38. The molecular weight excluding hydrogens is 313 g/mol. The minimum Gasteiger partial charge on any atom is -0.341 e. The molecule has 4 rings (SSSR count). The maximum Gasteiger partial charge on any atom is 0.225 e. The van der Waals surface area contributed by atoms with Gasteiger partial charge in [-0.2, -0.15) is 0 Å². The van der Waals surface area contributed by atoms with E-state index in [-0.39, 0.29) is 5.82 Å². The molecule has 0 aromatic carbocycles. The van der Waals surface area contributed by atoms with Crippen molar-refractivity contribution in [2.24, 2.45) is 5.41 Å². The first-order valence-corrected chi connectivity index (χ1v) is 8.85. The molecule has 0 amide bonds. The van der Waals surface area contributed by atoms with Gasteiger partial charge in [-0.05, 0) is 31.7 Å². The van der Waals surface area contributed by atoms with Crippen LogP contribution in [0.15, 0.2) is 24.0 Å². The summed E-state index contributed by atoms with van der Waals surface area (Å²) < 4.78 is 12.9. The van der Waals surface area contributed by atoms with Crippen LogP contribution < -0.4 is 4.90 Å². The van der Waals surface area contributed by atoms with E-state index >= 15 is 0 Å². The van der Waals surface area contributed by atoms with Gasteiger partial charge in [-0.1, -0.05) is 0 Å². The molecule has 1 atom stereocenters. The molecule has 23 heavy (non-hydrogen) atoms. The Balaban J connectivity index is 1.34. The zero-order valence-electron chi connectivity index (χ0n) is 13.2. The zero-order valence-corrected chi connectivity index (χ0v) is 14.0. The SMILES string of the molecule is CN(Cc1nccs1)[C@@H]1CC12CCN(c1ncc(F)cn1)CC2. The second-order valence-electron chi connectivity index (χ2n) is 6.61. The lowest BCUT2D eigenvalue weighted by atomic mass is 9.92. The van der Waals surface area contributed by atoms with Gasteiger partial charge in [0.15, 0.2) is 5.82 Å². The van der Waals surface area contributed by atoms with Crippen LogP contribution >= 0.6 is 11.3 Å². The summed E-state index contributed by atoms with van der Waals surface area (Å²) in [5, 5.41) is 3.22. The highest BCUT2D eigenvalue weighted by molar-refractivity contribution is 7.09. The van der Waals surface area contributed by atoms with E-state index in [1.54, 1.807) is 11.3 Å². The Labute approximate surface area is 139 Å². The first kappa shape index (κ1) is 15.0. The average molecular weight is 333 g/mol. The Bertz CT molecular complexity index is 652. The Morgan fingerprint density at radius 3 is 2.70 bits per heavy atom. The summed E-state index contributed by atoms with van der Waals surface area (Å²) in [5.41, 5.74) is 0.447. The lowest BCUT2D eigenvalue weighted by Gasteiger charge is -2.34. The minimum absolute atomic E-state index is 0.381. The number of hydrogen-bond donors (Lipinski definition) is 0. The number of thiazole rings is 1. The predicted molar refractivity (Wildman–Crippen MR) is 87.9 cm³/mol. The van der Waals surface area contributed by atoms with Crippen LogP contribution in [0.4, 0.5) is 10.3 Å². The molecule has 1 spiro atoms. The molecule has 1 aliphatic heterocycles. The van der Waals surface area contributed by atoms with Gasteiger partial charge in [-0.3, -0.25) is 4.90 Å². The van der Waals surface area contributed by atoms with Crippen LogP contribution in [0.1, 0.15) is 24.3 Å². The normalized spacial score (nSPS) is 22.7. The van der Waals surface area contributed by atoms with Gasteiger partial charge in [0.25, 0.3) is 0 Å². The summed E-state index contributed by atoms with van der Waals surface area (Å²) >= 11 is 1.72. The molecule has 2 aliphatic rings. The molecule has 0 bridgehead atoms. The molecule has 5 nitrogen and oxygen atoms in total. The molecule has 1 saturated carbocycles. The first-order valence-electron chi connectivity index (χ1n) is 7.97. The van der Waals surface area contributed by atoms with Crippen LogP contribution in [-0.2, 0) is 6.54 Å². The van der Waals surface area contributed by atoms with Crippen molar-refractivity contribution in [2.45, 2.75) is 31.8 Å². The van der Waals surface area contributed by atoms with E-state index in [1.807, 2.05) is 11.6 Å². The maximum atomic E-state index is 12.9. The first-order chi connectivity index (χ1) is 11.2. The average Bonchev–Trinajstić information content (AvgIpc) is 3.01. The highest BCUT2D eigenvalue weighted by atomic mass is 32.1. The van der Waals surface area contributed by atoms with Gasteiger partial charge in [0.2, 0.25) is 5.95 Å². The maximum absolute atomic E-state index is 12.9. The van der Waals surface area contributed by atoms with E-state index in [0.717, 1.165) is 32.5 Å². The minimum atomic E-state index is -0.381. The van der Waals surface area contributed by atoms with Crippen LogP contribution in [0.3, 0.4) is 0 Å². The van der Waals surface area contributed by atoms with Crippen molar-refractivity contribution >= 4 is 17.3 Å². The quantitative estimate of drug-likeness (QED) is 0.860. The second kappa shape index (κ2) is 5.79. The van der Waals surface area contributed by atoms with Crippen LogP contribution in [0.5, 0.6) is 0 Å². The number of nitrogens with zero attached hydrogens (tertiary/aromatic N) is 5. The Morgan fingerprint density at radius 2 is 2.04 bits per heavy atom. The fraction of sp³-hybridized carbons (Fsp3) is 0.562. The molecule has 2 fully saturated rings. The molecule has 0 radical (unpaired) electrons. The largest absolute Gasteiger partial charge is 0.341 e. The van der Waals surface area contributed by atoms with Crippen LogP contribution in [0, 0.1) is 11.2 Å². The number of halogens is 1. The van der Waals surface area contributed by atoms with Crippen molar-refractivity contribution in [1.82, 2.24) is 19.9 Å². The van der Waals surface area contributed by atoms with Crippen molar-refractivity contribution in [3.8, 4) is 0 Å². The van der Waals surface area contributed by atoms with Crippen molar-refractivity contribution in [3.05, 3.63) is 34.8 Å². The number of aromatic nitrogens is 3. The molecule has 2 aromatic heterocycles. The van der Waals surface area contributed by atoms with Crippen molar-refractivity contribution in [1.29, 1.82) is 0 Å². The molecule has 7 heteroatoms. The third-order valence-electron chi connectivity index (χ3n) is 5.20. The van der Waals surface area contributed by atoms with Gasteiger partial charge in [0.1, 0.15) is 5.01 Å². The highest BCUT2D eigenvalue weighted by Crippen LogP contribution is 2.56. The third-order valence-corrected chi connectivity index (χ3v) is 5.96. The van der Waals surface area contributed by atoms with Gasteiger partial charge < -0.3 is 4.90 Å². The predicted octanol–water partition coefficient (Wildman–Crippen LogP) is 2.56.